The first-order chi connectivity index (χ1) is 31.7. The Morgan fingerprint density at radius 2 is 1.19 bits per heavy atom. The summed E-state index contributed by atoms with van der Waals surface area (Å²) in [6.07, 6.45) is 2.68. The van der Waals surface area contributed by atoms with Gasteiger partial charge in [-0.25, -0.2) is 39.9 Å². The van der Waals surface area contributed by atoms with Crippen LogP contribution >= 0.6 is 39.1 Å². The second kappa shape index (κ2) is 23.1. The smallest absolute Gasteiger partial charge is 0.336 e. The average Bonchev–Trinajstić information content (AvgIpc) is 3.28. The van der Waals surface area contributed by atoms with Crippen molar-refractivity contribution in [2.24, 2.45) is 0 Å². The number of hydroxylamine groups is 2. The third-order valence-electron chi connectivity index (χ3n) is 9.63. The number of carbonyl (C=O) groups excluding carboxylic acids is 3. The molecule has 1 amide bonds. The Morgan fingerprint density at radius 1 is 0.735 bits per heavy atom. The summed E-state index contributed by atoms with van der Waals surface area (Å²) in [6, 6.07) is 26.3. The fourth-order valence-corrected chi connectivity index (χ4v) is 9.13. The van der Waals surface area contributed by atoms with E-state index >= 15 is 0 Å². The number of rotatable bonds is 12. The largest absolute Gasteiger partial charge is 0.363 e. The van der Waals surface area contributed by atoms with Crippen LogP contribution in [0.1, 0.15) is 79.1 Å². The summed E-state index contributed by atoms with van der Waals surface area (Å²) in [6.45, 7) is 15.2. The van der Waals surface area contributed by atoms with E-state index in [2.05, 4.69) is 62.7 Å². The molecule has 0 radical (unpaired) electrons. The van der Waals surface area contributed by atoms with Crippen molar-refractivity contribution in [1.29, 1.82) is 0 Å². The Hall–Kier alpha value is -5.63. The van der Waals surface area contributed by atoms with E-state index in [0.29, 0.717) is 20.9 Å². The molecule has 1 N–H and O–H groups in total. The van der Waals surface area contributed by atoms with Crippen LogP contribution in [0.25, 0.3) is 0 Å². The molecule has 0 aliphatic rings. The quantitative estimate of drug-likeness (QED) is 0.0412. The normalized spacial score (nSPS) is 11.5. The van der Waals surface area contributed by atoms with Crippen molar-refractivity contribution < 1.29 is 44.5 Å². The topological polar surface area (TPSA) is 167 Å². The maximum atomic E-state index is 13.2. The number of pyridine rings is 2. The molecule has 360 valence electrons. The number of anilines is 2. The summed E-state index contributed by atoms with van der Waals surface area (Å²) in [5.74, 6) is -1.80. The zero-order chi connectivity index (χ0) is 50.8. The summed E-state index contributed by atoms with van der Waals surface area (Å²) in [5, 5.41) is 1.46. The van der Waals surface area contributed by atoms with Gasteiger partial charge in [0.2, 0.25) is 5.78 Å². The predicted octanol–water partition coefficient (Wildman–Crippen LogP) is 11.0. The fourth-order valence-electron chi connectivity index (χ4n) is 5.83. The minimum atomic E-state index is -4.00. The summed E-state index contributed by atoms with van der Waals surface area (Å²) in [4.78, 5) is 32.4. The predicted molar refractivity (Wildman–Crippen MR) is 264 cm³/mol. The lowest BCUT2D eigenvalue weighted by molar-refractivity contribution is -0.605. The molecule has 0 spiro atoms. The Labute approximate surface area is 414 Å². The van der Waals surface area contributed by atoms with Crippen LogP contribution in [0.3, 0.4) is 0 Å². The molecule has 0 fully saturated rings. The van der Waals surface area contributed by atoms with Crippen LogP contribution in [0.4, 0.5) is 20.2 Å². The van der Waals surface area contributed by atoms with Crippen molar-refractivity contribution >= 4 is 89.0 Å². The number of methoxy groups -OCH3 is 1. The maximum absolute atomic E-state index is 13.2. The van der Waals surface area contributed by atoms with Crippen molar-refractivity contribution in [2.75, 3.05) is 29.9 Å². The number of amides is 1. The van der Waals surface area contributed by atoms with Crippen LogP contribution in [-0.4, -0.2) is 71.2 Å². The van der Waals surface area contributed by atoms with E-state index in [1.54, 1.807) is 24.3 Å². The number of hydrogen-bond acceptors (Lipinski definition) is 9. The lowest BCUT2D eigenvalue weighted by Crippen LogP contribution is -2.33. The average molecular weight is 1080 g/mol. The van der Waals surface area contributed by atoms with Gasteiger partial charge in [-0.2, -0.15) is 0 Å². The zero-order valence-corrected chi connectivity index (χ0v) is 43.0. The molecule has 13 nitrogen and oxygen atoms in total. The van der Waals surface area contributed by atoms with Gasteiger partial charge in [-0.05, 0) is 123 Å². The molecule has 0 saturated carbocycles. The molecular weight excluding hydrogens is 1030 g/mol. The van der Waals surface area contributed by atoms with Crippen molar-refractivity contribution in [1.82, 2.24) is 15.0 Å². The maximum Gasteiger partial charge on any atom is 0.336 e. The number of sulfonamides is 2. The van der Waals surface area contributed by atoms with E-state index in [9.17, 15) is 35.2 Å². The highest BCUT2D eigenvalue weighted by Gasteiger charge is 2.28. The molecule has 2 aromatic heterocycles. The lowest BCUT2D eigenvalue weighted by Gasteiger charge is -2.25. The van der Waals surface area contributed by atoms with E-state index in [-0.39, 0.29) is 61.0 Å². The molecule has 68 heavy (non-hydrogen) atoms. The number of halogens is 5. The van der Waals surface area contributed by atoms with Crippen molar-refractivity contribution in [2.45, 2.75) is 62.2 Å². The van der Waals surface area contributed by atoms with E-state index < -0.39 is 31.6 Å². The highest BCUT2D eigenvalue weighted by atomic mass is 79.9. The molecule has 0 atom stereocenters. The number of nitrogens with zero attached hydrogens (tertiary/aromatic N) is 4. The monoisotopic (exact) mass is 1070 g/mol. The zero-order valence-electron chi connectivity index (χ0n) is 38.2. The molecule has 6 rings (SSSR count). The minimum absolute atomic E-state index is 0.0376. The summed E-state index contributed by atoms with van der Waals surface area (Å²) < 4.78 is 91.0. The second-order valence-electron chi connectivity index (χ2n) is 16.7. The Bertz CT molecular complexity index is 2960. The fraction of sp³-hybridized carbons (Fsp3) is 0.229. The molecule has 0 unspecified atom stereocenters. The van der Waals surface area contributed by atoms with Gasteiger partial charge in [-0.3, -0.25) is 14.3 Å². The number of aromatic nitrogens is 2. The molecule has 0 aliphatic heterocycles. The van der Waals surface area contributed by atoms with Crippen LogP contribution in [-0.2, 0) is 40.1 Å². The minimum Gasteiger partial charge on any atom is -0.363 e. The van der Waals surface area contributed by atoms with Gasteiger partial charge in [0.25, 0.3) is 20.0 Å². The lowest BCUT2D eigenvalue weighted by atomic mass is 9.87. The standard InChI is InChI=1S/C22H20ClFN2O3S.C17H20BrClN2O3S.C9H9FNO2/c1-22(2,3)15-6-10-18(11-7-15)30(28,29)26-19-12-16(23)13-25-20(19)21(27)14-4-8-17(24)9-5-14;1-17(2,3)12-5-7-14(8-6-12)25(22,23)21(11-24-4)15-9-13(19)10-20-16(15)18;1-11(13-2)9(12)7-3-5-8(10)6-4-7/h4-13,26H,1-3H3;5-10H,11H2,1-4H3;3-6H,2H2,1H3/q;;+1. The number of ether oxygens (including phenoxy) is 1. The highest BCUT2D eigenvalue weighted by Crippen LogP contribution is 2.33. The van der Waals surface area contributed by atoms with Crippen LogP contribution in [0.2, 0.25) is 10.0 Å². The van der Waals surface area contributed by atoms with Crippen LogP contribution < -0.4 is 9.03 Å². The van der Waals surface area contributed by atoms with E-state index in [0.717, 1.165) is 32.6 Å². The molecule has 2 heterocycles. The van der Waals surface area contributed by atoms with Crippen LogP contribution in [0, 0.1) is 11.6 Å². The van der Waals surface area contributed by atoms with Gasteiger partial charge in [0.15, 0.2) is 0 Å². The summed E-state index contributed by atoms with van der Waals surface area (Å²) >= 11 is 15.2. The van der Waals surface area contributed by atoms with Gasteiger partial charge < -0.3 is 4.74 Å². The number of hydrogen-bond donors (Lipinski definition) is 1. The Balaban J connectivity index is 0.000000239. The summed E-state index contributed by atoms with van der Waals surface area (Å²) in [5.41, 5.74) is 2.49. The molecule has 6 aromatic rings. The van der Waals surface area contributed by atoms with E-state index in [4.69, 9.17) is 27.9 Å². The number of ketones is 1. The summed E-state index contributed by atoms with van der Waals surface area (Å²) in [7, 11) is -4.98. The molecule has 4 aromatic carbocycles. The Morgan fingerprint density at radius 3 is 1.66 bits per heavy atom. The second-order valence-corrected chi connectivity index (χ2v) is 21.9. The van der Waals surface area contributed by atoms with Crippen LogP contribution in [0.5, 0.6) is 0 Å². The van der Waals surface area contributed by atoms with Crippen molar-refractivity contribution in [3.8, 4) is 0 Å². The number of nitrogens with one attached hydrogen (secondary N) is 1. The molecule has 20 heteroatoms. The first kappa shape index (κ1) is 55.0. The first-order valence-corrected chi connectivity index (χ1v) is 24.6. The number of benzene rings is 4. The van der Waals surface area contributed by atoms with Gasteiger partial charge in [-0.15, -0.1) is 4.53 Å². The van der Waals surface area contributed by atoms with Gasteiger partial charge in [0.05, 0.1) is 38.3 Å². The van der Waals surface area contributed by atoms with Gasteiger partial charge in [0.1, 0.15) is 28.7 Å². The van der Waals surface area contributed by atoms with Crippen molar-refractivity contribution in [3.63, 3.8) is 0 Å². The van der Waals surface area contributed by atoms with Gasteiger partial charge in [-0.1, -0.05) is 89.0 Å². The Kier molecular flexibility index (Phi) is 18.7. The molecular formula is C48H49BrCl2F2N5O8S2+. The third kappa shape index (κ3) is 14.7. The molecule has 0 saturated heterocycles. The van der Waals surface area contributed by atoms with Gasteiger partial charge in [0, 0.05) is 35.7 Å². The van der Waals surface area contributed by atoms with Crippen molar-refractivity contribution in [3.05, 3.63) is 176 Å². The SMILES string of the molecule is C=[O+]N(C)C(=O)c1ccc(F)cc1.CC(C)(C)c1ccc(S(=O)(=O)Nc2cc(Cl)cnc2C(=O)c2ccc(F)cc2)cc1.COCN(c1cc(Cl)cnc1Br)S(=O)(=O)c1ccc(C(C)(C)C)cc1. The molecule has 0 aliphatic carbocycles. The van der Waals surface area contributed by atoms with E-state index in [1.807, 2.05) is 32.9 Å². The van der Waals surface area contributed by atoms with Crippen LogP contribution in [0.15, 0.2) is 136 Å². The third-order valence-corrected chi connectivity index (χ3v) is 13.8. The van der Waals surface area contributed by atoms with Gasteiger partial charge >= 0.3 is 12.7 Å². The number of carbonyl (C=O) groups is 2. The highest BCUT2D eigenvalue weighted by molar-refractivity contribution is 9.10. The van der Waals surface area contributed by atoms with E-state index in [1.165, 1.54) is 87.2 Å². The first-order valence-electron chi connectivity index (χ1n) is 20.2. The molecule has 0 bridgehead atoms.